The van der Waals surface area contributed by atoms with Gasteiger partial charge in [0.05, 0.1) is 0 Å². The van der Waals surface area contributed by atoms with E-state index in [0.29, 0.717) is 0 Å². The second kappa shape index (κ2) is 14.1. The minimum atomic E-state index is 0.125. The van der Waals surface area contributed by atoms with Crippen molar-refractivity contribution < 1.29 is 0 Å². The summed E-state index contributed by atoms with van der Waals surface area (Å²) in [4.78, 5) is 0. The fourth-order valence-electron chi connectivity index (χ4n) is 8.93. The van der Waals surface area contributed by atoms with Gasteiger partial charge in [0.15, 0.2) is 0 Å². The van der Waals surface area contributed by atoms with Gasteiger partial charge in [-0.05, 0) is 124 Å². The zero-order chi connectivity index (χ0) is 36.6. The highest BCUT2D eigenvalue weighted by atomic mass is 14.2. The number of allylic oxidation sites excluding steroid dienone is 4. The molecule has 0 N–H and O–H groups in total. The molecule has 0 fully saturated rings. The molecule has 8 rings (SSSR count). The summed E-state index contributed by atoms with van der Waals surface area (Å²) in [5.74, 6) is 2.72. The van der Waals surface area contributed by atoms with Crippen molar-refractivity contribution in [3.05, 3.63) is 180 Å². The molecule has 0 heterocycles. The van der Waals surface area contributed by atoms with Gasteiger partial charge in [-0.2, -0.15) is 0 Å². The number of terminal acetylenes is 1. The van der Waals surface area contributed by atoms with Crippen LogP contribution in [-0.2, 0) is 0 Å². The summed E-state index contributed by atoms with van der Waals surface area (Å²) < 4.78 is 0. The summed E-state index contributed by atoms with van der Waals surface area (Å²) in [5.41, 5.74) is 16.6. The van der Waals surface area contributed by atoms with Crippen molar-refractivity contribution in [1.82, 2.24) is 0 Å². The maximum Gasteiger partial charge on any atom is 0.214 e. The standard InChI is InChI=1S/C52H43B/c1-7-17-34(2)28-36(4)33-53(52-37(5)29-35(3)30-38(52)6)49-32-48(41-22-15-10-16-23-41)44-25-24-42-46(39-18-11-8-12-19-39)31-47(40-20-13-9-14-21-40)43-26-27-45(49)51(44)50(42)43/h1,8-32H,33H2,2-6H3/b34-17-,36-28-. The second-order valence-corrected chi connectivity index (χ2v) is 14.8. The third kappa shape index (κ3) is 6.26. The smallest absolute Gasteiger partial charge is 0.115 e. The van der Waals surface area contributed by atoms with Crippen molar-refractivity contribution in [2.45, 2.75) is 40.9 Å². The number of aryl methyl sites for hydroxylation is 3. The Labute approximate surface area is 315 Å². The number of benzene rings is 8. The van der Waals surface area contributed by atoms with Crippen molar-refractivity contribution in [2.75, 3.05) is 0 Å². The highest BCUT2D eigenvalue weighted by Gasteiger charge is 2.28. The number of rotatable bonds is 8. The minimum absolute atomic E-state index is 0.125. The van der Waals surface area contributed by atoms with Crippen molar-refractivity contribution in [3.63, 3.8) is 0 Å². The molecule has 0 aliphatic carbocycles. The molecule has 1 heteroatoms. The lowest BCUT2D eigenvalue weighted by Crippen LogP contribution is -2.45. The lowest BCUT2D eigenvalue weighted by molar-refractivity contribution is 1.31. The molecule has 0 bridgehead atoms. The van der Waals surface area contributed by atoms with Gasteiger partial charge in [-0.15, -0.1) is 6.42 Å². The van der Waals surface area contributed by atoms with Gasteiger partial charge in [-0.3, -0.25) is 0 Å². The van der Waals surface area contributed by atoms with Crippen LogP contribution in [-0.4, -0.2) is 6.71 Å². The SMILES string of the molecule is C#C/C=C(C)\C=C(\C)CB(c1c(C)cc(C)cc1C)c1cc(-c2ccccc2)c2ccc3c(-c4ccccc4)cc(-c4ccccc4)c4ccc1c2c43. The lowest BCUT2D eigenvalue weighted by Gasteiger charge is -2.26. The van der Waals surface area contributed by atoms with Crippen LogP contribution in [0.5, 0.6) is 0 Å². The second-order valence-electron chi connectivity index (χ2n) is 14.8. The maximum atomic E-state index is 5.69. The predicted molar refractivity (Wildman–Crippen MR) is 233 cm³/mol. The van der Waals surface area contributed by atoms with E-state index < -0.39 is 0 Å². The monoisotopic (exact) mass is 678 g/mol. The van der Waals surface area contributed by atoms with E-state index in [2.05, 4.69) is 186 Å². The van der Waals surface area contributed by atoms with Crippen LogP contribution >= 0.6 is 0 Å². The Morgan fingerprint density at radius 3 is 1.47 bits per heavy atom. The molecule has 0 unspecified atom stereocenters. The summed E-state index contributed by atoms with van der Waals surface area (Å²) in [5, 5.41) is 7.83. The van der Waals surface area contributed by atoms with Crippen molar-refractivity contribution >= 4 is 50.0 Å². The van der Waals surface area contributed by atoms with Gasteiger partial charge >= 0.3 is 0 Å². The Balaban J connectivity index is 1.54. The highest BCUT2D eigenvalue weighted by Crippen LogP contribution is 2.45. The molecule has 0 aliphatic heterocycles. The molecule has 0 aromatic heterocycles. The van der Waals surface area contributed by atoms with E-state index in [0.717, 1.165) is 11.9 Å². The first-order chi connectivity index (χ1) is 25.8. The van der Waals surface area contributed by atoms with Gasteiger partial charge in [0.1, 0.15) is 0 Å². The van der Waals surface area contributed by atoms with Crippen LogP contribution in [0.1, 0.15) is 30.5 Å². The molecule has 8 aromatic carbocycles. The lowest BCUT2D eigenvalue weighted by atomic mass is 9.35. The molecule has 0 radical (unpaired) electrons. The Morgan fingerprint density at radius 1 is 0.566 bits per heavy atom. The zero-order valence-electron chi connectivity index (χ0n) is 31.3. The predicted octanol–water partition coefficient (Wildman–Crippen LogP) is 12.6. The van der Waals surface area contributed by atoms with Gasteiger partial charge in [0.25, 0.3) is 0 Å². The Morgan fingerprint density at radius 2 is 1.00 bits per heavy atom. The van der Waals surface area contributed by atoms with Crippen LogP contribution in [0, 0.1) is 33.1 Å². The van der Waals surface area contributed by atoms with Gasteiger partial charge in [0.2, 0.25) is 6.71 Å². The summed E-state index contributed by atoms with van der Waals surface area (Å²) in [6.07, 6.45) is 10.7. The van der Waals surface area contributed by atoms with E-state index in [1.807, 2.05) is 6.08 Å². The molecule has 0 saturated carbocycles. The third-order valence-electron chi connectivity index (χ3n) is 11.0. The summed E-state index contributed by atoms with van der Waals surface area (Å²) in [7, 11) is 0. The van der Waals surface area contributed by atoms with Gasteiger partial charge in [0, 0.05) is 0 Å². The third-order valence-corrected chi connectivity index (χ3v) is 11.0. The maximum absolute atomic E-state index is 5.69. The molecule has 8 aromatic rings. The Kier molecular flexibility index (Phi) is 9.08. The number of hydrogen-bond acceptors (Lipinski definition) is 0. The van der Waals surface area contributed by atoms with E-state index >= 15 is 0 Å². The molecule has 0 saturated heterocycles. The van der Waals surface area contributed by atoms with Crippen molar-refractivity contribution in [3.8, 4) is 45.7 Å². The minimum Gasteiger partial charge on any atom is -0.115 e. The molecule has 0 aliphatic rings. The fourth-order valence-corrected chi connectivity index (χ4v) is 8.93. The number of hydrogen-bond donors (Lipinski definition) is 0. The molecular weight excluding hydrogens is 635 g/mol. The molecular formula is C52H43B. The van der Waals surface area contributed by atoms with Crippen LogP contribution in [0.3, 0.4) is 0 Å². The van der Waals surface area contributed by atoms with Crippen molar-refractivity contribution in [2.24, 2.45) is 0 Å². The van der Waals surface area contributed by atoms with E-state index in [1.54, 1.807) is 0 Å². The van der Waals surface area contributed by atoms with Gasteiger partial charge in [-0.1, -0.05) is 179 Å². The summed E-state index contributed by atoms with van der Waals surface area (Å²) >= 11 is 0. The molecule has 254 valence electrons. The van der Waals surface area contributed by atoms with Gasteiger partial charge < -0.3 is 0 Å². The average molecular weight is 679 g/mol. The molecule has 0 amide bonds. The highest BCUT2D eigenvalue weighted by molar-refractivity contribution is 6.88. The van der Waals surface area contributed by atoms with Crippen molar-refractivity contribution in [1.29, 1.82) is 0 Å². The normalized spacial score (nSPS) is 12.2. The first-order valence-corrected chi connectivity index (χ1v) is 18.6. The summed E-state index contributed by atoms with van der Waals surface area (Å²) in [6.45, 7) is 11.3. The van der Waals surface area contributed by atoms with Crippen LogP contribution < -0.4 is 10.9 Å². The van der Waals surface area contributed by atoms with E-state index in [1.165, 1.54) is 98.9 Å². The van der Waals surface area contributed by atoms with E-state index in [-0.39, 0.29) is 6.71 Å². The molecule has 0 atom stereocenters. The van der Waals surface area contributed by atoms with Crippen LogP contribution in [0.2, 0.25) is 6.32 Å². The quantitative estimate of drug-likeness (QED) is 0.0649. The average Bonchev–Trinajstić information content (AvgIpc) is 3.17. The van der Waals surface area contributed by atoms with E-state index in [4.69, 9.17) is 6.42 Å². The topological polar surface area (TPSA) is 0 Å². The van der Waals surface area contributed by atoms with Crippen LogP contribution in [0.15, 0.2) is 163 Å². The first-order valence-electron chi connectivity index (χ1n) is 18.6. The largest absolute Gasteiger partial charge is 0.214 e. The first kappa shape index (κ1) is 34.0. The molecule has 0 spiro atoms. The zero-order valence-corrected chi connectivity index (χ0v) is 31.3. The van der Waals surface area contributed by atoms with Crippen LogP contribution in [0.25, 0.3) is 65.7 Å². The fraction of sp³-hybridized carbons (Fsp3) is 0.115. The Bertz CT molecular complexity index is 2640. The van der Waals surface area contributed by atoms with Gasteiger partial charge in [-0.25, -0.2) is 0 Å². The summed E-state index contributed by atoms with van der Waals surface area (Å²) in [6, 6.07) is 51.9. The van der Waals surface area contributed by atoms with Crippen LogP contribution in [0.4, 0.5) is 0 Å². The Hall–Kier alpha value is -6.10. The van der Waals surface area contributed by atoms with E-state index in [9.17, 15) is 0 Å². The molecule has 0 nitrogen and oxygen atoms in total. The molecule has 53 heavy (non-hydrogen) atoms.